The summed E-state index contributed by atoms with van der Waals surface area (Å²) in [6.45, 7) is 4.08. The number of benzene rings is 1. The van der Waals surface area contributed by atoms with Gasteiger partial charge in [0, 0.05) is 38.2 Å². The number of likely N-dealkylation sites (tertiary alicyclic amines) is 1. The number of hydrogen-bond acceptors (Lipinski definition) is 4. The van der Waals surface area contributed by atoms with Crippen LogP contribution in [-0.2, 0) is 6.42 Å². The number of aryl methyl sites for hydroxylation is 1. The first-order valence-electron chi connectivity index (χ1n) is 8.81. The van der Waals surface area contributed by atoms with E-state index in [1.165, 1.54) is 5.56 Å². The van der Waals surface area contributed by atoms with Gasteiger partial charge in [-0.05, 0) is 37.8 Å². The van der Waals surface area contributed by atoms with Gasteiger partial charge in [0.15, 0.2) is 0 Å². The molecule has 1 saturated heterocycles. The quantitative estimate of drug-likeness (QED) is 0.875. The molecule has 25 heavy (non-hydrogen) atoms. The molecule has 0 aliphatic carbocycles. The maximum atomic E-state index is 12.2. The van der Waals surface area contributed by atoms with Crippen LogP contribution >= 0.6 is 0 Å². The van der Waals surface area contributed by atoms with E-state index in [-0.39, 0.29) is 18.6 Å². The standard InChI is InChI=1S/C19H25N3O3/c1-14-4-6-16(7-5-14)18-21-17(13-25-18)8-9-20-19(24)22-10-2-3-15(11-22)12-23/h4-7,13,15,23H,2-3,8-12H2,1H3,(H,20,24)/t15-/m0/s1. The summed E-state index contributed by atoms with van der Waals surface area (Å²) >= 11 is 0. The van der Waals surface area contributed by atoms with Crippen LogP contribution in [0.1, 0.15) is 24.1 Å². The predicted octanol–water partition coefficient (Wildman–Crippen LogP) is 2.61. The summed E-state index contributed by atoms with van der Waals surface area (Å²) in [5.74, 6) is 0.801. The number of piperidine rings is 1. The van der Waals surface area contributed by atoms with Gasteiger partial charge in [-0.1, -0.05) is 17.7 Å². The molecule has 134 valence electrons. The van der Waals surface area contributed by atoms with Crippen LogP contribution in [-0.4, -0.2) is 47.3 Å². The van der Waals surface area contributed by atoms with E-state index < -0.39 is 0 Å². The number of hydrogen-bond donors (Lipinski definition) is 2. The van der Waals surface area contributed by atoms with Gasteiger partial charge >= 0.3 is 6.03 Å². The maximum Gasteiger partial charge on any atom is 0.317 e. The Hall–Kier alpha value is -2.34. The van der Waals surface area contributed by atoms with Crippen LogP contribution in [0.25, 0.3) is 11.5 Å². The highest BCUT2D eigenvalue weighted by atomic mass is 16.3. The Morgan fingerprint density at radius 2 is 2.20 bits per heavy atom. The fourth-order valence-corrected chi connectivity index (χ4v) is 3.06. The molecule has 0 unspecified atom stereocenters. The summed E-state index contributed by atoms with van der Waals surface area (Å²) in [6, 6.07) is 7.96. The zero-order chi connectivity index (χ0) is 17.6. The Balaban J connectivity index is 1.47. The normalized spacial score (nSPS) is 17.5. The van der Waals surface area contributed by atoms with Crippen LogP contribution < -0.4 is 5.32 Å². The van der Waals surface area contributed by atoms with E-state index in [1.807, 2.05) is 31.2 Å². The molecule has 0 spiro atoms. The molecule has 1 aromatic carbocycles. The fraction of sp³-hybridized carbons (Fsp3) is 0.474. The monoisotopic (exact) mass is 343 g/mol. The molecular formula is C19H25N3O3. The number of nitrogens with one attached hydrogen (secondary N) is 1. The van der Waals surface area contributed by atoms with E-state index >= 15 is 0 Å². The van der Waals surface area contributed by atoms with E-state index in [2.05, 4.69) is 10.3 Å². The molecule has 1 aliphatic heterocycles. The van der Waals surface area contributed by atoms with Crippen molar-refractivity contribution in [3.8, 4) is 11.5 Å². The van der Waals surface area contributed by atoms with Crippen LogP contribution in [0, 0.1) is 12.8 Å². The largest absolute Gasteiger partial charge is 0.444 e. The summed E-state index contributed by atoms with van der Waals surface area (Å²) in [5, 5.41) is 12.2. The van der Waals surface area contributed by atoms with Gasteiger partial charge in [-0.25, -0.2) is 9.78 Å². The van der Waals surface area contributed by atoms with E-state index in [0.717, 1.165) is 30.6 Å². The summed E-state index contributed by atoms with van der Waals surface area (Å²) in [6.07, 6.45) is 4.20. The highest BCUT2D eigenvalue weighted by Gasteiger charge is 2.22. The van der Waals surface area contributed by atoms with Crippen LogP contribution in [0.4, 0.5) is 4.79 Å². The van der Waals surface area contributed by atoms with Crippen molar-refractivity contribution in [3.63, 3.8) is 0 Å². The number of oxazole rings is 1. The predicted molar refractivity (Wildman–Crippen MR) is 95.2 cm³/mol. The van der Waals surface area contributed by atoms with Crippen molar-refractivity contribution in [2.24, 2.45) is 5.92 Å². The van der Waals surface area contributed by atoms with Gasteiger partial charge in [-0.2, -0.15) is 0 Å². The zero-order valence-electron chi connectivity index (χ0n) is 14.6. The Morgan fingerprint density at radius 3 is 2.96 bits per heavy atom. The van der Waals surface area contributed by atoms with Crippen molar-refractivity contribution in [3.05, 3.63) is 41.8 Å². The van der Waals surface area contributed by atoms with E-state index in [9.17, 15) is 9.90 Å². The van der Waals surface area contributed by atoms with Crippen LogP contribution in [0.2, 0.25) is 0 Å². The zero-order valence-corrected chi connectivity index (χ0v) is 14.6. The number of amides is 2. The van der Waals surface area contributed by atoms with Crippen molar-refractivity contribution < 1.29 is 14.3 Å². The minimum absolute atomic E-state index is 0.0691. The molecule has 1 atom stereocenters. The average Bonchev–Trinajstić information content (AvgIpc) is 3.11. The number of aliphatic hydroxyl groups excluding tert-OH is 1. The molecule has 2 heterocycles. The van der Waals surface area contributed by atoms with Crippen molar-refractivity contribution in [1.29, 1.82) is 0 Å². The first-order chi connectivity index (χ1) is 12.2. The molecule has 3 rings (SSSR count). The maximum absolute atomic E-state index is 12.2. The van der Waals surface area contributed by atoms with E-state index in [0.29, 0.717) is 25.4 Å². The second-order valence-electron chi connectivity index (χ2n) is 6.63. The first kappa shape index (κ1) is 17.5. The first-order valence-corrected chi connectivity index (χ1v) is 8.81. The molecule has 0 bridgehead atoms. The van der Waals surface area contributed by atoms with Gasteiger partial charge in [-0.3, -0.25) is 0 Å². The van der Waals surface area contributed by atoms with Gasteiger partial charge in [0.1, 0.15) is 6.26 Å². The van der Waals surface area contributed by atoms with Gasteiger partial charge in [0.25, 0.3) is 0 Å². The molecule has 1 aromatic heterocycles. The summed E-state index contributed by atoms with van der Waals surface area (Å²) in [7, 11) is 0. The third-order valence-electron chi connectivity index (χ3n) is 4.57. The average molecular weight is 343 g/mol. The van der Waals surface area contributed by atoms with Crippen molar-refractivity contribution in [2.75, 3.05) is 26.2 Å². The van der Waals surface area contributed by atoms with Gasteiger partial charge in [0.05, 0.1) is 5.69 Å². The van der Waals surface area contributed by atoms with Crippen molar-refractivity contribution >= 4 is 6.03 Å². The lowest BCUT2D eigenvalue weighted by atomic mass is 9.99. The smallest absolute Gasteiger partial charge is 0.317 e. The lowest BCUT2D eigenvalue weighted by molar-refractivity contribution is 0.129. The Labute approximate surface area is 147 Å². The number of rotatable bonds is 5. The third kappa shape index (κ3) is 4.60. The van der Waals surface area contributed by atoms with E-state index in [4.69, 9.17) is 4.42 Å². The molecule has 6 nitrogen and oxygen atoms in total. The van der Waals surface area contributed by atoms with Crippen molar-refractivity contribution in [1.82, 2.24) is 15.2 Å². The molecule has 1 fully saturated rings. The highest BCUT2D eigenvalue weighted by Crippen LogP contribution is 2.19. The minimum Gasteiger partial charge on any atom is -0.444 e. The number of urea groups is 1. The molecule has 0 saturated carbocycles. The van der Waals surface area contributed by atoms with Gasteiger partial charge < -0.3 is 19.7 Å². The number of carbonyl (C=O) groups is 1. The lowest BCUT2D eigenvalue weighted by Crippen LogP contribution is -2.46. The Morgan fingerprint density at radius 1 is 1.40 bits per heavy atom. The summed E-state index contributed by atoms with van der Waals surface area (Å²) in [5.41, 5.74) is 2.96. The van der Waals surface area contributed by atoms with Crippen LogP contribution in [0.15, 0.2) is 34.9 Å². The second-order valence-corrected chi connectivity index (χ2v) is 6.63. The summed E-state index contributed by atoms with van der Waals surface area (Å²) in [4.78, 5) is 18.5. The SMILES string of the molecule is Cc1ccc(-c2nc(CCNC(=O)N3CCC[C@H](CO)C3)co2)cc1. The Kier molecular flexibility index (Phi) is 5.71. The molecule has 2 amide bonds. The Bertz CT molecular complexity index is 696. The number of nitrogens with zero attached hydrogens (tertiary/aromatic N) is 2. The topological polar surface area (TPSA) is 78.6 Å². The molecule has 2 N–H and O–H groups in total. The minimum atomic E-state index is -0.0691. The number of carbonyl (C=O) groups excluding carboxylic acids is 1. The third-order valence-corrected chi connectivity index (χ3v) is 4.57. The molecule has 6 heteroatoms. The molecule has 1 aliphatic rings. The summed E-state index contributed by atoms with van der Waals surface area (Å²) < 4.78 is 5.53. The number of aromatic nitrogens is 1. The van der Waals surface area contributed by atoms with E-state index in [1.54, 1.807) is 11.2 Å². The van der Waals surface area contributed by atoms with Gasteiger partial charge in [-0.15, -0.1) is 0 Å². The van der Waals surface area contributed by atoms with Crippen molar-refractivity contribution in [2.45, 2.75) is 26.2 Å². The molecule has 2 aromatic rings. The highest BCUT2D eigenvalue weighted by molar-refractivity contribution is 5.74. The van der Waals surface area contributed by atoms with Crippen LogP contribution in [0.5, 0.6) is 0 Å². The second kappa shape index (κ2) is 8.16. The lowest BCUT2D eigenvalue weighted by Gasteiger charge is -2.31. The molecular weight excluding hydrogens is 318 g/mol. The molecule has 0 radical (unpaired) electrons. The number of aliphatic hydroxyl groups is 1. The van der Waals surface area contributed by atoms with Crippen LogP contribution in [0.3, 0.4) is 0 Å². The fourth-order valence-electron chi connectivity index (χ4n) is 3.06. The van der Waals surface area contributed by atoms with Gasteiger partial charge in [0.2, 0.25) is 5.89 Å².